The second kappa shape index (κ2) is 9.75. The largest absolute Gasteiger partial charge is 0.497 e. The number of benzene rings is 2. The number of hydrogen-bond acceptors (Lipinski definition) is 2. The average Bonchev–Trinajstić information content (AvgIpc) is 3.15. The molecule has 0 aliphatic rings. The first-order chi connectivity index (χ1) is 14.0. The Morgan fingerprint density at radius 3 is 2.17 bits per heavy atom. The van der Waals surface area contributed by atoms with Crippen molar-refractivity contribution in [2.24, 2.45) is 5.92 Å². The second-order valence-corrected chi connectivity index (χ2v) is 7.99. The Bertz CT molecular complexity index is 884. The summed E-state index contributed by atoms with van der Waals surface area (Å²) in [4.78, 5) is 2.52. The van der Waals surface area contributed by atoms with Gasteiger partial charge in [-0.1, -0.05) is 38.1 Å². The summed E-state index contributed by atoms with van der Waals surface area (Å²) < 4.78 is 20.8. The molecular weight excluding hydrogens is 363 g/mol. The molecule has 154 valence electrons. The molecule has 1 heterocycles. The quantitative estimate of drug-likeness (QED) is 0.461. The van der Waals surface area contributed by atoms with Crippen LogP contribution in [0.4, 0.5) is 4.39 Å². The molecular formula is C25H31FN2O. The topological polar surface area (TPSA) is 17.4 Å². The highest BCUT2D eigenvalue weighted by Gasteiger charge is 2.19. The van der Waals surface area contributed by atoms with Crippen molar-refractivity contribution in [1.29, 1.82) is 0 Å². The highest BCUT2D eigenvalue weighted by Crippen LogP contribution is 2.20. The van der Waals surface area contributed by atoms with Crippen molar-refractivity contribution >= 4 is 0 Å². The summed E-state index contributed by atoms with van der Waals surface area (Å²) in [5.41, 5.74) is 3.63. The minimum absolute atomic E-state index is 0.196. The van der Waals surface area contributed by atoms with Crippen LogP contribution in [0.25, 0.3) is 0 Å². The van der Waals surface area contributed by atoms with Crippen LogP contribution in [0.2, 0.25) is 0 Å². The number of aromatic nitrogens is 1. The highest BCUT2D eigenvalue weighted by atomic mass is 19.1. The standard InChI is InChI=1S/C25H31FN2O/c1-19(2)20(3)28(17-22-9-13-25(29-4)14-10-22)18-24-6-5-15-27(24)16-21-7-11-23(26)12-8-21/h5-15,19-20H,16-18H2,1-4H3. The van der Waals surface area contributed by atoms with Crippen molar-refractivity contribution < 1.29 is 9.13 Å². The highest BCUT2D eigenvalue weighted by molar-refractivity contribution is 5.27. The molecule has 1 unspecified atom stereocenters. The third-order valence-electron chi connectivity index (χ3n) is 5.64. The minimum atomic E-state index is -0.196. The number of ether oxygens (including phenoxy) is 1. The van der Waals surface area contributed by atoms with E-state index in [1.165, 1.54) is 23.4 Å². The molecule has 1 atom stereocenters. The van der Waals surface area contributed by atoms with Gasteiger partial charge in [-0.2, -0.15) is 0 Å². The van der Waals surface area contributed by atoms with E-state index in [4.69, 9.17) is 4.74 Å². The lowest BCUT2D eigenvalue weighted by atomic mass is 10.0. The molecule has 0 N–H and O–H groups in total. The van der Waals surface area contributed by atoms with Crippen LogP contribution in [-0.4, -0.2) is 22.6 Å². The lowest BCUT2D eigenvalue weighted by Gasteiger charge is -2.32. The predicted octanol–water partition coefficient (Wildman–Crippen LogP) is 5.73. The van der Waals surface area contributed by atoms with Crippen LogP contribution in [0.1, 0.15) is 37.6 Å². The Labute approximate surface area is 173 Å². The van der Waals surface area contributed by atoms with Gasteiger partial charge in [0.05, 0.1) is 7.11 Å². The summed E-state index contributed by atoms with van der Waals surface area (Å²) in [6, 6.07) is 19.8. The fraction of sp³-hybridized carbons (Fsp3) is 0.360. The van der Waals surface area contributed by atoms with Gasteiger partial charge in [0.1, 0.15) is 11.6 Å². The summed E-state index contributed by atoms with van der Waals surface area (Å²) in [7, 11) is 1.69. The maximum atomic E-state index is 13.2. The van der Waals surface area contributed by atoms with Crippen molar-refractivity contribution in [3.8, 4) is 5.75 Å². The zero-order valence-corrected chi connectivity index (χ0v) is 17.8. The van der Waals surface area contributed by atoms with Gasteiger partial charge in [-0.15, -0.1) is 0 Å². The van der Waals surface area contributed by atoms with Crippen LogP contribution in [0.15, 0.2) is 66.9 Å². The van der Waals surface area contributed by atoms with Gasteiger partial charge in [-0.05, 0) is 60.4 Å². The molecule has 0 amide bonds. The summed E-state index contributed by atoms with van der Waals surface area (Å²) in [5.74, 6) is 1.23. The molecule has 4 heteroatoms. The summed E-state index contributed by atoms with van der Waals surface area (Å²) in [6.07, 6.45) is 2.10. The molecule has 0 saturated carbocycles. The summed E-state index contributed by atoms with van der Waals surface area (Å²) in [6.45, 7) is 9.31. The number of nitrogens with zero attached hydrogens (tertiary/aromatic N) is 2. The van der Waals surface area contributed by atoms with E-state index >= 15 is 0 Å². The van der Waals surface area contributed by atoms with E-state index in [1.54, 1.807) is 7.11 Å². The fourth-order valence-corrected chi connectivity index (χ4v) is 3.47. The SMILES string of the molecule is COc1ccc(CN(Cc2cccn2Cc2ccc(F)cc2)C(C)C(C)C)cc1. The van der Waals surface area contributed by atoms with Crippen LogP contribution < -0.4 is 4.74 Å². The van der Waals surface area contributed by atoms with E-state index in [-0.39, 0.29) is 5.82 Å². The molecule has 3 rings (SSSR count). The zero-order valence-electron chi connectivity index (χ0n) is 17.8. The van der Waals surface area contributed by atoms with Crippen molar-refractivity contribution in [3.63, 3.8) is 0 Å². The normalized spacial score (nSPS) is 12.5. The number of hydrogen-bond donors (Lipinski definition) is 0. The summed E-state index contributed by atoms with van der Waals surface area (Å²) in [5, 5.41) is 0. The van der Waals surface area contributed by atoms with Crippen molar-refractivity contribution in [3.05, 3.63) is 89.5 Å². The molecule has 0 fully saturated rings. The van der Waals surface area contributed by atoms with E-state index in [9.17, 15) is 4.39 Å². The molecule has 29 heavy (non-hydrogen) atoms. The smallest absolute Gasteiger partial charge is 0.123 e. The van der Waals surface area contributed by atoms with Gasteiger partial charge in [-0.3, -0.25) is 4.90 Å². The molecule has 0 radical (unpaired) electrons. The lowest BCUT2D eigenvalue weighted by molar-refractivity contribution is 0.148. The number of rotatable bonds is 9. The van der Waals surface area contributed by atoms with E-state index in [1.807, 2.05) is 24.3 Å². The Balaban J connectivity index is 1.77. The van der Waals surface area contributed by atoms with E-state index in [0.29, 0.717) is 12.0 Å². The van der Waals surface area contributed by atoms with Crippen LogP contribution >= 0.6 is 0 Å². The average molecular weight is 395 g/mol. The van der Waals surface area contributed by atoms with Gasteiger partial charge in [0.2, 0.25) is 0 Å². The molecule has 3 aromatic rings. The van der Waals surface area contributed by atoms with Crippen molar-refractivity contribution in [2.75, 3.05) is 7.11 Å². The maximum absolute atomic E-state index is 13.2. The van der Waals surface area contributed by atoms with Gasteiger partial charge in [0.15, 0.2) is 0 Å². The van der Waals surface area contributed by atoms with Crippen LogP contribution in [0.5, 0.6) is 5.75 Å². The molecule has 0 spiro atoms. The molecule has 1 aromatic heterocycles. The van der Waals surface area contributed by atoms with Gasteiger partial charge in [0.25, 0.3) is 0 Å². The predicted molar refractivity (Wildman–Crippen MR) is 116 cm³/mol. The molecule has 0 saturated heterocycles. The first kappa shape index (κ1) is 21.1. The third kappa shape index (κ3) is 5.70. The Morgan fingerprint density at radius 2 is 1.55 bits per heavy atom. The fourth-order valence-electron chi connectivity index (χ4n) is 3.47. The first-order valence-electron chi connectivity index (χ1n) is 10.2. The van der Waals surface area contributed by atoms with Crippen LogP contribution in [-0.2, 0) is 19.6 Å². The van der Waals surface area contributed by atoms with E-state index in [2.05, 4.69) is 60.7 Å². The zero-order chi connectivity index (χ0) is 20.8. The van der Waals surface area contributed by atoms with Gasteiger partial charge >= 0.3 is 0 Å². The molecule has 2 aromatic carbocycles. The second-order valence-electron chi connectivity index (χ2n) is 7.99. The Kier molecular flexibility index (Phi) is 7.10. The van der Waals surface area contributed by atoms with Gasteiger partial charge in [-0.25, -0.2) is 4.39 Å². The Hall–Kier alpha value is -2.59. The minimum Gasteiger partial charge on any atom is -0.497 e. The van der Waals surface area contributed by atoms with Crippen molar-refractivity contribution in [1.82, 2.24) is 9.47 Å². The van der Waals surface area contributed by atoms with E-state index < -0.39 is 0 Å². The third-order valence-corrected chi connectivity index (χ3v) is 5.64. The van der Waals surface area contributed by atoms with Gasteiger partial charge < -0.3 is 9.30 Å². The van der Waals surface area contributed by atoms with Crippen LogP contribution in [0.3, 0.4) is 0 Å². The van der Waals surface area contributed by atoms with Crippen molar-refractivity contribution in [2.45, 2.75) is 46.4 Å². The van der Waals surface area contributed by atoms with E-state index in [0.717, 1.165) is 30.9 Å². The molecule has 0 bridgehead atoms. The number of halogens is 1. The Morgan fingerprint density at radius 1 is 0.897 bits per heavy atom. The molecule has 0 aliphatic carbocycles. The number of methoxy groups -OCH3 is 1. The lowest BCUT2D eigenvalue weighted by Crippen LogP contribution is -2.36. The first-order valence-corrected chi connectivity index (χ1v) is 10.2. The monoisotopic (exact) mass is 394 g/mol. The van der Waals surface area contributed by atoms with Gasteiger partial charge in [0, 0.05) is 37.6 Å². The van der Waals surface area contributed by atoms with Crippen LogP contribution in [0, 0.1) is 11.7 Å². The molecule has 3 nitrogen and oxygen atoms in total. The maximum Gasteiger partial charge on any atom is 0.123 e. The molecule has 0 aliphatic heterocycles. The summed E-state index contributed by atoms with van der Waals surface area (Å²) >= 11 is 0.